The van der Waals surface area contributed by atoms with Crippen molar-refractivity contribution < 1.29 is 4.39 Å². The van der Waals surface area contributed by atoms with Gasteiger partial charge in [0.05, 0.1) is 5.56 Å². The minimum absolute atomic E-state index is 0.269. The highest BCUT2D eigenvalue weighted by molar-refractivity contribution is 5.44. The molecule has 0 bridgehead atoms. The summed E-state index contributed by atoms with van der Waals surface area (Å²) in [5, 5.41) is 8.55. The molecule has 1 aliphatic heterocycles. The Bertz CT molecular complexity index is 377. The molecule has 4 heteroatoms. The maximum absolute atomic E-state index is 13.4. The van der Waals surface area contributed by atoms with Crippen LogP contribution in [0.4, 0.5) is 10.2 Å². The molecule has 1 aromatic heterocycles. The van der Waals surface area contributed by atoms with Crippen molar-refractivity contribution in [3.8, 4) is 6.07 Å². The van der Waals surface area contributed by atoms with Crippen molar-refractivity contribution >= 4 is 5.82 Å². The fourth-order valence-corrected chi connectivity index (χ4v) is 1.65. The maximum atomic E-state index is 13.4. The van der Waals surface area contributed by atoms with Crippen molar-refractivity contribution in [3.05, 3.63) is 23.6 Å². The summed E-state index contributed by atoms with van der Waals surface area (Å²) in [4.78, 5) is 5.87. The number of aromatic nitrogens is 1. The second-order valence-electron chi connectivity index (χ2n) is 3.34. The number of hydrogen-bond acceptors (Lipinski definition) is 3. The van der Waals surface area contributed by atoms with Crippen molar-refractivity contribution in [2.24, 2.45) is 0 Å². The van der Waals surface area contributed by atoms with E-state index < -0.39 is 5.82 Å². The molecule has 1 saturated heterocycles. The topological polar surface area (TPSA) is 39.9 Å². The largest absolute Gasteiger partial charge is 0.354 e. The van der Waals surface area contributed by atoms with E-state index in [0.717, 1.165) is 25.9 Å². The Labute approximate surface area is 81.8 Å². The quantitative estimate of drug-likeness (QED) is 0.678. The number of hydrogen-bond donors (Lipinski definition) is 0. The zero-order chi connectivity index (χ0) is 9.97. The van der Waals surface area contributed by atoms with E-state index in [1.165, 1.54) is 12.3 Å². The van der Waals surface area contributed by atoms with Crippen molar-refractivity contribution in [3.63, 3.8) is 0 Å². The van der Waals surface area contributed by atoms with Gasteiger partial charge in [-0.1, -0.05) is 0 Å². The molecule has 0 aromatic carbocycles. The van der Waals surface area contributed by atoms with E-state index in [0.29, 0.717) is 5.82 Å². The van der Waals surface area contributed by atoms with Gasteiger partial charge in [0, 0.05) is 19.3 Å². The number of anilines is 1. The third-order valence-electron chi connectivity index (χ3n) is 2.36. The van der Waals surface area contributed by atoms with E-state index in [4.69, 9.17) is 5.26 Å². The Hall–Kier alpha value is -1.63. The van der Waals surface area contributed by atoms with Crippen LogP contribution in [-0.4, -0.2) is 18.1 Å². The van der Waals surface area contributed by atoms with Gasteiger partial charge in [0.1, 0.15) is 6.07 Å². The summed E-state index contributed by atoms with van der Waals surface area (Å²) < 4.78 is 13.4. The normalized spacial score (nSPS) is 15.6. The number of pyridine rings is 1. The second kappa shape index (κ2) is 3.62. The Morgan fingerprint density at radius 3 is 2.71 bits per heavy atom. The number of halogens is 1. The second-order valence-corrected chi connectivity index (χ2v) is 3.34. The van der Waals surface area contributed by atoms with Crippen LogP contribution in [0.5, 0.6) is 0 Å². The van der Waals surface area contributed by atoms with Crippen molar-refractivity contribution in [2.75, 3.05) is 18.0 Å². The summed E-state index contributed by atoms with van der Waals surface area (Å²) in [7, 11) is 0. The van der Waals surface area contributed by atoms with Gasteiger partial charge in [-0.15, -0.1) is 0 Å². The standard InChI is InChI=1S/C10H10FN3/c11-9-5-8(6-12)7-13-10(9)14-3-1-2-4-14/h5,7H,1-4H2. The van der Waals surface area contributed by atoms with E-state index in [1.807, 2.05) is 11.0 Å². The molecule has 2 heterocycles. The molecule has 0 spiro atoms. The SMILES string of the molecule is N#Cc1cnc(N2CCCC2)c(F)c1. The first-order valence-corrected chi connectivity index (χ1v) is 4.62. The molecule has 0 radical (unpaired) electrons. The van der Waals surface area contributed by atoms with Gasteiger partial charge in [0.15, 0.2) is 11.6 Å². The van der Waals surface area contributed by atoms with Gasteiger partial charge in [0.25, 0.3) is 0 Å². The third-order valence-corrected chi connectivity index (χ3v) is 2.36. The molecule has 0 atom stereocenters. The average Bonchev–Trinajstić information content (AvgIpc) is 2.70. The Kier molecular flexibility index (Phi) is 2.32. The molecular formula is C10H10FN3. The Balaban J connectivity index is 2.30. The highest BCUT2D eigenvalue weighted by Crippen LogP contribution is 2.21. The minimum atomic E-state index is -0.397. The zero-order valence-electron chi connectivity index (χ0n) is 7.70. The lowest BCUT2D eigenvalue weighted by molar-refractivity contribution is 0.615. The summed E-state index contributed by atoms with van der Waals surface area (Å²) in [6, 6.07) is 3.10. The van der Waals surface area contributed by atoms with Crippen LogP contribution in [0.2, 0.25) is 0 Å². The minimum Gasteiger partial charge on any atom is -0.354 e. The summed E-state index contributed by atoms with van der Waals surface area (Å²) >= 11 is 0. The van der Waals surface area contributed by atoms with Crippen LogP contribution >= 0.6 is 0 Å². The average molecular weight is 191 g/mol. The summed E-state index contributed by atoms with van der Waals surface area (Å²) in [5.41, 5.74) is 0.269. The first-order chi connectivity index (χ1) is 6.81. The van der Waals surface area contributed by atoms with Crippen LogP contribution in [0.25, 0.3) is 0 Å². The van der Waals surface area contributed by atoms with Gasteiger partial charge in [-0.2, -0.15) is 5.26 Å². The van der Waals surface area contributed by atoms with Gasteiger partial charge < -0.3 is 4.90 Å². The van der Waals surface area contributed by atoms with E-state index >= 15 is 0 Å². The maximum Gasteiger partial charge on any atom is 0.166 e. The number of nitrogens with zero attached hydrogens (tertiary/aromatic N) is 3. The summed E-state index contributed by atoms with van der Waals surface area (Å²) in [6.07, 6.45) is 3.58. The predicted molar refractivity (Wildman–Crippen MR) is 50.4 cm³/mol. The van der Waals surface area contributed by atoms with Gasteiger partial charge in [-0.3, -0.25) is 0 Å². The molecule has 2 rings (SSSR count). The summed E-state index contributed by atoms with van der Waals surface area (Å²) in [5.74, 6) is -0.0209. The lowest BCUT2D eigenvalue weighted by Gasteiger charge is -2.16. The number of rotatable bonds is 1. The van der Waals surface area contributed by atoms with Crippen LogP contribution in [-0.2, 0) is 0 Å². The molecule has 1 aromatic rings. The number of nitriles is 1. The van der Waals surface area contributed by atoms with Gasteiger partial charge in [-0.05, 0) is 18.9 Å². The molecule has 1 aliphatic rings. The van der Waals surface area contributed by atoms with Crippen LogP contribution in [0.3, 0.4) is 0 Å². The molecule has 1 fully saturated rings. The molecular weight excluding hydrogens is 181 g/mol. The Morgan fingerprint density at radius 1 is 1.43 bits per heavy atom. The molecule has 72 valence electrons. The lowest BCUT2D eigenvalue weighted by atomic mass is 10.3. The van der Waals surface area contributed by atoms with Crippen LogP contribution < -0.4 is 4.90 Å². The zero-order valence-corrected chi connectivity index (χ0v) is 7.70. The predicted octanol–water partition coefficient (Wildman–Crippen LogP) is 1.69. The fourth-order valence-electron chi connectivity index (χ4n) is 1.65. The monoisotopic (exact) mass is 191 g/mol. The van der Waals surface area contributed by atoms with Crippen molar-refractivity contribution in [1.29, 1.82) is 5.26 Å². The first kappa shape index (κ1) is 8.95. The molecule has 14 heavy (non-hydrogen) atoms. The van der Waals surface area contributed by atoms with Crippen molar-refractivity contribution in [1.82, 2.24) is 4.98 Å². The molecule has 0 amide bonds. The van der Waals surface area contributed by atoms with E-state index in [2.05, 4.69) is 4.98 Å². The molecule has 3 nitrogen and oxygen atoms in total. The van der Waals surface area contributed by atoms with Crippen LogP contribution in [0, 0.1) is 17.1 Å². The smallest absolute Gasteiger partial charge is 0.166 e. The third kappa shape index (κ3) is 1.53. The summed E-state index contributed by atoms with van der Waals surface area (Å²) in [6.45, 7) is 1.71. The molecule has 0 saturated carbocycles. The highest BCUT2D eigenvalue weighted by atomic mass is 19.1. The highest BCUT2D eigenvalue weighted by Gasteiger charge is 2.17. The van der Waals surface area contributed by atoms with Gasteiger partial charge >= 0.3 is 0 Å². The van der Waals surface area contributed by atoms with Crippen LogP contribution in [0.1, 0.15) is 18.4 Å². The molecule has 0 aliphatic carbocycles. The van der Waals surface area contributed by atoms with E-state index in [1.54, 1.807) is 0 Å². The van der Waals surface area contributed by atoms with Crippen molar-refractivity contribution in [2.45, 2.75) is 12.8 Å². The van der Waals surface area contributed by atoms with Gasteiger partial charge in [0.2, 0.25) is 0 Å². The molecule has 0 unspecified atom stereocenters. The lowest BCUT2D eigenvalue weighted by Crippen LogP contribution is -2.20. The van der Waals surface area contributed by atoms with Crippen LogP contribution in [0.15, 0.2) is 12.3 Å². The first-order valence-electron chi connectivity index (χ1n) is 4.62. The van der Waals surface area contributed by atoms with Gasteiger partial charge in [-0.25, -0.2) is 9.37 Å². The van der Waals surface area contributed by atoms with E-state index in [9.17, 15) is 4.39 Å². The Morgan fingerprint density at radius 2 is 2.14 bits per heavy atom. The fraction of sp³-hybridized carbons (Fsp3) is 0.400. The molecule has 0 N–H and O–H groups in total. The van der Waals surface area contributed by atoms with E-state index in [-0.39, 0.29) is 5.56 Å².